The van der Waals surface area contributed by atoms with Crippen molar-refractivity contribution in [3.63, 3.8) is 0 Å². The highest BCUT2D eigenvalue weighted by atomic mass is 16.4. The van der Waals surface area contributed by atoms with Gasteiger partial charge in [-0.05, 0) is 91.3 Å². The predicted octanol–water partition coefficient (Wildman–Crippen LogP) is 4.11. The van der Waals surface area contributed by atoms with E-state index in [-0.39, 0.29) is 22.9 Å². The van der Waals surface area contributed by atoms with Crippen molar-refractivity contribution in [3.05, 3.63) is 12.2 Å². The Labute approximate surface area is 150 Å². The van der Waals surface area contributed by atoms with E-state index in [1.165, 1.54) is 6.42 Å². The smallest absolute Gasteiger partial charge is 0.306 e. The van der Waals surface area contributed by atoms with E-state index in [2.05, 4.69) is 26.0 Å². The summed E-state index contributed by atoms with van der Waals surface area (Å²) >= 11 is 0. The number of carboxylic acid groups (broad SMARTS) is 1. The van der Waals surface area contributed by atoms with Gasteiger partial charge < -0.3 is 10.2 Å². The molecule has 0 aromatic rings. The number of aliphatic carboxylic acids is 1. The summed E-state index contributed by atoms with van der Waals surface area (Å²) in [5.74, 6) is 3.04. The van der Waals surface area contributed by atoms with Crippen LogP contribution in [0.25, 0.3) is 0 Å². The maximum Gasteiger partial charge on any atom is 0.306 e. The van der Waals surface area contributed by atoms with Crippen molar-refractivity contribution in [1.82, 2.24) is 0 Å². The van der Waals surface area contributed by atoms with Crippen LogP contribution in [0.3, 0.4) is 0 Å². The van der Waals surface area contributed by atoms with Crippen molar-refractivity contribution >= 4 is 5.97 Å². The Morgan fingerprint density at radius 3 is 2.44 bits per heavy atom. The van der Waals surface area contributed by atoms with Gasteiger partial charge in [-0.1, -0.05) is 26.0 Å². The molecule has 4 bridgehead atoms. The SMILES string of the molecule is CC(C)(C1CCC(O)CC1)C12CC(C(=O)O)C(C1)C1C3C=CC(C3)C12. The van der Waals surface area contributed by atoms with Crippen LogP contribution in [-0.4, -0.2) is 22.3 Å². The molecule has 5 rings (SSSR count). The summed E-state index contributed by atoms with van der Waals surface area (Å²) in [6.45, 7) is 4.91. The van der Waals surface area contributed by atoms with E-state index in [4.69, 9.17) is 0 Å². The van der Waals surface area contributed by atoms with Gasteiger partial charge in [0.05, 0.1) is 12.0 Å². The molecule has 0 heterocycles. The zero-order valence-corrected chi connectivity index (χ0v) is 15.5. The van der Waals surface area contributed by atoms with Gasteiger partial charge in [-0.15, -0.1) is 0 Å². The highest BCUT2D eigenvalue weighted by Crippen LogP contribution is 2.78. The maximum atomic E-state index is 12.0. The number of allylic oxidation sites excluding steroid dienone is 2. The van der Waals surface area contributed by atoms with Gasteiger partial charge in [-0.25, -0.2) is 0 Å². The molecule has 0 radical (unpaired) electrons. The summed E-state index contributed by atoms with van der Waals surface area (Å²) in [5, 5.41) is 19.9. The summed E-state index contributed by atoms with van der Waals surface area (Å²) in [7, 11) is 0. The topological polar surface area (TPSA) is 57.5 Å². The van der Waals surface area contributed by atoms with Crippen LogP contribution < -0.4 is 0 Å². The summed E-state index contributed by atoms with van der Waals surface area (Å²) in [6.07, 6.45) is 12.1. The van der Waals surface area contributed by atoms with Crippen molar-refractivity contribution in [1.29, 1.82) is 0 Å². The average molecular weight is 344 g/mol. The van der Waals surface area contributed by atoms with Crippen molar-refractivity contribution < 1.29 is 15.0 Å². The van der Waals surface area contributed by atoms with Gasteiger partial charge in [-0.2, -0.15) is 0 Å². The molecule has 0 aliphatic heterocycles. The fraction of sp³-hybridized carbons (Fsp3) is 0.864. The third kappa shape index (κ3) is 1.94. The van der Waals surface area contributed by atoms with Gasteiger partial charge in [0.1, 0.15) is 0 Å². The fourth-order valence-electron chi connectivity index (χ4n) is 8.52. The third-order valence-corrected chi connectivity index (χ3v) is 9.67. The summed E-state index contributed by atoms with van der Waals surface area (Å²) < 4.78 is 0. The summed E-state index contributed by atoms with van der Waals surface area (Å²) in [5.41, 5.74) is 0.371. The van der Waals surface area contributed by atoms with Crippen LogP contribution in [0.2, 0.25) is 0 Å². The molecule has 7 atom stereocenters. The largest absolute Gasteiger partial charge is 0.481 e. The van der Waals surface area contributed by atoms with Crippen molar-refractivity contribution in [2.75, 3.05) is 0 Å². The molecule has 5 aliphatic carbocycles. The average Bonchev–Trinajstić information content (AvgIpc) is 3.32. The molecule has 3 nitrogen and oxygen atoms in total. The quantitative estimate of drug-likeness (QED) is 0.598. The standard InChI is InChI=1S/C22H32O3/c1-21(2,14-5-7-15(23)8-6-14)22-10-16(17(11-22)20(24)25)18-12-3-4-13(9-12)19(18)22/h3-4,12-19,23H,5-11H2,1-2H3,(H,24,25). The first kappa shape index (κ1) is 16.4. The van der Waals surface area contributed by atoms with Gasteiger partial charge in [-0.3, -0.25) is 4.79 Å². The first-order valence-electron chi connectivity index (χ1n) is 10.4. The lowest BCUT2D eigenvalue weighted by atomic mass is 9.49. The second-order valence-corrected chi connectivity index (χ2v) is 10.5. The van der Waals surface area contributed by atoms with Crippen LogP contribution in [0.4, 0.5) is 0 Å². The molecule has 7 unspecified atom stereocenters. The Bertz CT molecular complexity index is 615. The molecule has 2 N–H and O–H groups in total. The number of hydrogen-bond acceptors (Lipinski definition) is 2. The van der Waals surface area contributed by atoms with E-state index in [0.717, 1.165) is 38.5 Å². The first-order chi connectivity index (χ1) is 11.8. The van der Waals surface area contributed by atoms with Crippen LogP contribution in [0.1, 0.15) is 58.8 Å². The van der Waals surface area contributed by atoms with Crippen LogP contribution in [0.5, 0.6) is 0 Å². The summed E-state index contributed by atoms with van der Waals surface area (Å²) in [4.78, 5) is 12.0. The van der Waals surface area contributed by atoms with Crippen molar-refractivity contribution in [2.24, 2.45) is 52.3 Å². The Hall–Kier alpha value is -0.830. The Morgan fingerprint density at radius 2 is 1.76 bits per heavy atom. The number of carbonyl (C=O) groups is 1. The zero-order valence-electron chi connectivity index (χ0n) is 15.5. The minimum absolute atomic E-state index is 0.116. The third-order valence-electron chi connectivity index (χ3n) is 9.67. The Kier molecular flexibility index (Phi) is 3.35. The van der Waals surface area contributed by atoms with Crippen LogP contribution in [0, 0.1) is 52.3 Å². The van der Waals surface area contributed by atoms with E-state index >= 15 is 0 Å². The van der Waals surface area contributed by atoms with Gasteiger partial charge in [0.25, 0.3) is 0 Å². The molecule has 3 heteroatoms. The molecule has 0 amide bonds. The molecule has 5 aliphatic rings. The van der Waals surface area contributed by atoms with E-state index in [1.807, 2.05) is 0 Å². The van der Waals surface area contributed by atoms with Crippen LogP contribution in [0.15, 0.2) is 12.2 Å². The van der Waals surface area contributed by atoms with Gasteiger partial charge in [0, 0.05) is 0 Å². The van der Waals surface area contributed by atoms with E-state index in [0.29, 0.717) is 35.5 Å². The minimum atomic E-state index is -0.549. The lowest BCUT2D eigenvalue weighted by Crippen LogP contribution is -2.50. The molecular formula is C22H32O3. The maximum absolute atomic E-state index is 12.0. The van der Waals surface area contributed by atoms with Crippen molar-refractivity contribution in [2.45, 2.75) is 64.9 Å². The molecule has 25 heavy (non-hydrogen) atoms. The molecule has 4 fully saturated rings. The molecule has 0 aromatic carbocycles. The number of aliphatic hydroxyl groups is 1. The second-order valence-electron chi connectivity index (χ2n) is 10.5. The number of fused-ring (bicyclic) bond motifs is 9. The number of hydrogen-bond donors (Lipinski definition) is 2. The lowest BCUT2D eigenvalue weighted by Gasteiger charge is -2.55. The van der Waals surface area contributed by atoms with Crippen LogP contribution >= 0.6 is 0 Å². The summed E-state index contributed by atoms with van der Waals surface area (Å²) in [6, 6.07) is 0. The molecular weight excluding hydrogens is 312 g/mol. The van der Waals surface area contributed by atoms with Crippen molar-refractivity contribution in [3.8, 4) is 0 Å². The van der Waals surface area contributed by atoms with Crippen LogP contribution in [-0.2, 0) is 4.79 Å². The molecule has 0 saturated heterocycles. The number of carboxylic acids is 1. The van der Waals surface area contributed by atoms with E-state index in [9.17, 15) is 15.0 Å². The Morgan fingerprint density at radius 1 is 1.08 bits per heavy atom. The second kappa shape index (κ2) is 5.12. The zero-order chi connectivity index (χ0) is 17.6. The normalized spacial score (nSPS) is 53.4. The minimum Gasteiger partial charge on any atom is -0.481 e. The van der Waals surface area contributed by atoms with E-state index in [1.54, 1.807) is 0 Å². The number of aliphatic hydroxyl groups excluding tert-OH is 1. The molecule has 0 spiro atoms. The highest BCUT2D eigenvalue weighted by Gasteiger charge is 2.73. The predicted molar refractivity (Wildman–Crippen MR) is 95.7 cm³/mol. The van der Waals surface area contributed by atoms with E-state index < -0.39 is 5.97 Å². The lowest BCUT2D eigenvalue weighted by molar-refractivity contribution is -0.148. The molecule has 138 valence electrons. The van der Waals surface area contributed by atoms with Gasteiger partial charge >= 0.3 is 5.97 Å². The molecule has 0 aromatic heterocycles. The monoisotopic (exact) mass is 344 g/mol. The Balaban J connectivity index is 1.54. The first-order valence-corrected chi connectivity index (χ1v) is 10.4. The number of rotatable bonds is 3. The molecule has 4 saturated carbocycles. The fourth-order valence-corrected chi connectivity index (χ4v) is 8.52. The van der Waals surface area contributed by atoms with Gasteiger partial charge in [0.2, 0.25) is 0 Å². The highest BCUT2D eigenvalue weighted by molar-refractivity contribution is 5.71. The van der Waals surface area contributed by atoms with Gasteiger partial charge in [0.15, 0.2) is 0 Å².